The van der Waals surface area contributed by atoms with Crippen molar-refractivity contribution in [2.75, 3.05) is 12.4 Å². The second kappa shape index (κ2) is 8.32. The number of aryl methyl sites for hydroxylation is 1. The molecule has 1 fully saturated rings. The first-order valence-corrected chi connectivity index (χ1v) is 9.86. The van der Waals surface area contributed by atoms with Gasteiger partial charge in [0.1, 0.15) is 11.1 Å². The van der Waals surface area contributed by atoms with Crippen LogP contribution in [0.4, 0.5) is 15.8 Å². The topological polar surface area (TPSA) is 61.8 Å². The van der Waals surface area contributed by atoms with Crippen LogP contribution in [0.1, 0.15) is 17.5 Å². The van der Waals surface area contributed by atoms with Gasteiger partial charge >= 0.3 is 0 Å². The molecule has 28 heavy (non-hydrogen) atoms. The van der Waals surface area contributed by atoms with Gasteiger partial charge in [-0.2, -0.15) is 0 Å². The zero-order valence-electron chi connectivity index (χ0n) is 15.6. The van der Waals surface area contributed by atoms with Gasteiger partial charge in [0.25, 0.3) is 0 Å². The fraction of sp³-hybridized carbons (Fsp3) is 0.250. The van der Waals surface area contributed by atoms with Crippen molar-refractivity contribution in [2.24, 2.45) is 4.99 Å². The summed E-state index contributed by atoms with van der Waals surface area (Å²) in [6.45, 7) is 3.91. The molecule has 2 aromatic rings. The van der Waals surface area contributed by atoms with Crippen molar-refractivity contribution < 1.29 is 14.0 Å². The minimum Gasteiger partial charge on any atom is -0.326 e. The van der Waals surface area contributed by atoms with E-state index in [0.29, 0.717) is 10.9 Å². The molecule has 0 saturated carbocycles. The number of thioether (sulfide) groups is 1. The SMILES string of the molecule is Cc1cccc(NC(=O)C[C@H]2SC(=Nc3ccc(F)c(Cl)c3)N(C)C2=O)c1C. The zero-order valence-corrected chi connectivity index (χ0v) is 17.2. The molecule has 2 aromatic carbocycles. The van der Waals surface area contributed by atoms with Crippen LogP contribution in [0.15, 0.2) is 41.4 Å². The summed E-state index contributed by atoms with van der Waals surface area (Å²) >= 11 is 6.98. The molecular weight excluding hydrogens is 401 g/mol. The highest BCUT2D eigenvalue weighted by Gasteiger charge is 2.37. The van der Waals surface area contributed by atoms with Gasteiger partial charge in [-0.25, -0.2) is 9.38 Å². The van der Waals surface area contributed by atoms with Crippen molar-refractivity contribution in [1.29, 1.82) is 0 Å². The minimum absolute atomic E-state index is 0.0322. The third-order valence-electron chi connectivity index (χ3n) is 4.52. The van der Waals surface area contributed by atoms with Crippen molar-refractivity contribution in [1.82, 2.24) is 4.90 Å². The average Bonchev–Trinajstić information content (AvgIpc) is 2.90. The van der Waals surface area contributed by atoms with E-state index in [1.54, 1.807) is 7.05 Å². The number of hydrogen-bond acceptors (Lipinski definition) is 4. The molecule has 1 aliphatic heterocycles. The van der Waals surface area contributed by atoms with E-state index in [4.69, 9.17) is 11.6 Å². The minimum atomic E-state index is -0.565. The van der Waals surface area contributed by atoms with Crippen molar-refractivity contribution >= 4 is 51.7 Å². The molecule has 1 aliphatic rings. The molecule has 1 saturated heterocycles. The Hall–Kier alpha value is -2.38. The van der Waals surface area contributed by atoms with E-state index >= 15 is 0 Å². The van der Waals surface area contributed by atoms with Gasteiger partial charge in [-0.05, 0) is 49.2 Å². The number of amides is 2. The number of nitrogens with zero attached hydrogens (tertiary/aromatic N) is 2. The lowest BCUT2D eigenvalue weighted by Crippen LogP contribution is -2.30. The summed E-state index contributed by atoms with van der Waals surface area (Å²) in [5.74, 6) is -0.970. The Bertz CT molecular complexity index is 980. The van der Waals surface area contributed by atoms with Crippen LogP contribution in [0.25, 0.3) is 0 Å². The van der Waals surface area contributed by atoms with E-state index < -0.39 is 11.1 Å². The summed E-state index contributed by atoms with van der Waals surface area (Å²) < 4.78 is 13.3. The monoisotopic (exact) mass is 419 g/mol. The molecule has 0 unspecified atom stereocenters. The second-order valence-corrected chi connectivity index (χ2v) is 8.07. The molecule has 8 heteroatoms. The van der Waals surface area contributed by atoms with E-state index in [1.807, 2.05) is 32.0 Å². The van der Waals surface area contributed by atoms with Gasteiger partial charge in [0.2, 0.25) is 11.8 Å². The van der Waals surface area contributed by atoms with Gasteiger partial charge in [0, 0.05) is 19.2 Å². The standard InChI is InChI=1S/C20H19ClFN3O2S/c1-11-5-4-6-16(12(11)2)24-18(26)10-17-19(27)25(3)20(28-17)23-13-7-8-15(22)14(21)9-13/h4-9,17H,10H2,1-3H3,(H,24,26)/t17-/m1/s1. The fourth-order valence-electron chi connectivity index (χ4n) is 2.72. The van der Waals surface area contributed by atoms with E-state index in [9.17, 15) is 14.0 Å². The average molecular weight is 420 g/mol. The maximum atomic E-state index is 13.3. The smallest absolute Gasteiger partial charge is 0.242 e. The van der Waals surface area contributed by atoms with Crippen LogP contribution in [0.5, 0.6) is 0 Å². The number of carbonyl (C=O) groups is 2. The molecule has 0 aromatic heterocycles. The second-order valence-electron chi connectivity index (χ2n) is 6.50. The number of anilines is 1. The number of hydrogen-bond donors (Lipinski definition) is 1. The third-order valence-corrected chi connectivity index (χ3v) is 6.04. The maximum Gasteiger partial charge on any atom is 0.242 e. The Morgan fingerprint density at radius 1 is 1.32 bits per heavy atom. The zero-order chi connectivity index (χ0) is 20.4. The predicted molar refractivity (Wildman–Crippen MR) is 112 cm³/mol. The van der Waals surface area contributed by atoms with Crippen LogP contribution in [-0.4, -0.2) is 34.2 Å². The van der Waals surface area contributed by atoms with E-state index in [2.05, 4.69) is 10.3 Å². The fourth-order valence-corrected chi connectivity index (χ4v) is 4.05. The normalized spacial score (nSPS) is 18.0. The molecule has 1 N–H and O–H groups in total. The highest BCUT2D eigenvalue weighted by Crippen LogP contribution is 2.32. The third kappa shape index (κ3) is 4.36. The summed E-state index contributed by atoms with van der Waals surface area (Å²) in [6.07, 6.45) is 0.0322. The predicted octanol–water partition coefficient (Wildman–Crippen LogP) is 4.69. The number of aliphatic imine (C=N–C) groups is 1. The Kier molecular flexibility index (Phi) is 6.05. The summed E-state index contributed by atoms with van der Waals surface area (Å²) in [7, 11) is 1.60. The number of rotatable bonds is 4. The molecule has 0 bridgehead atoms. The van der Waals surface area contributed by atoms with Gasteiger partial charge in [-0.15, -0.1) is 0 Å². The largest absolute Gasteiger partial charge is 0.326 e. The van der Waals surface area contributed by atoms with Gasteiger partial charge < -0.3 is 5.32 Å². The Morgan fingerprint density at radius 2 is 2.07 bits per heavy atom. The van der Waals surface area contributed by atoms with Crippen LogP contribution in [0.2, 0.25) is 5.02 Å². The van der Waals surface area contributed by atoms with Gasteiger partial charge in [-0.1, -0.05) is 35.5 Å². The molecule has 0 aliphatic carbocycles. The summed E-state index contributed by atoms with van der Waals surface area (Å²) in [5.41, 5.74) is 3.25. The number of halogens is 2. The van der Waals surface area contributed by atoms with Gasteiger partial charge in [0.15, 0.2) is 5.17 Å². The first-order valence-electron chi connectivity index (χ1n) is 8.60. The Labute approximate surface area is 172 Å². The quantitative estimate of drug-likeness (QED) is 0.782. The highest BCUT2D eigenvalue weighted by molar-refractivity contribution is 8.15. The summed E-state index contributed by atoms with van der Waals surface area (Å²) in [5, 5.41) is 2.71. The molecule has 5 nitrogen and oxygen atoms in total. The summed E-state index contributed by atoms with van der Waals surface area (Å²) in [4.78, 5) is 30.7. The number of benzene rings is 2. The van der Waals surface area contributed by atoms with Crippen LogP contribution in [-0.2, 0) is 9.59 Å². The van der Waals surface area contributed by atoms with Crippen molar-refractivity contribution in [3.63, 3.8) is 0 Å². The molecule has 1 atom stereocenters. The Balaban J connectivity index is 1.70. The first-order chi connectivity index (χ1) is 13.3. The van der Waals surface area contributed by atoms with Gasteiger partial charge in [-0.3, -0.25) is 14.5 Å². The van der Waals surface area contributed by atoms with E-state index in [1.165, 1.54) is 34.9 Å². The van der Waals surface area contributed by atoms with E-state index in [0.717, 1.165) is 16.8 Å². The molecule has 2 amide bonds. The van der Waals surface area contributed by atoms with Crippen molar-refractivity contribution in [3.8, 4) is 0 Å². The van der Waals surface area contributed by atoms with Crippen LogP contribution < -0.4 is 5.32 Å². The molecular formula is C20H19ClFN3O2S. The molecule has 3 rings (SSSR count). The van der Waals surface area contributed by atoms with Gasteiger partial charge in [0.05, 0.1) is 10.7 Å². The molecule has 0 radical (unpaired) electrons. The van der Waals surface area contributed by atoms with Crippen LogP contribution >= 0.6 is 23.4 Å². The molecule has 146 valence electrons. The number of carbonyl (C=O) groups excluding carboxylic acids is 2. The lowest BCUT2D eigenvalue weighted by molar-refractivity contribution is -0.127. The lowest BCUT2D eigenvalue weighted by atomic mass is 10.1. The number of nitrogens with one attached hydrogen (secondary N) is 1. The van der Waals surface area contributed by atoms with E-state index in [-0.39, 0.29) is 23.3 Å². The maximum absolute atomic E-state index is 13.3. The molecule has 0 spiro atoms. The van der Waals surface area contributed by atoms with Crippen LogP contribution in [0, 0.1) is 19.7 Å². The summed E-state index contributed by atoms with van der Waals surface area (Å²) in [6, 6.07) is 9.77. The first kappa shape index (κ1) is 20.4. The Morgan fingerprint density at radius 3 is 2.79 bits per heavy atom. The van der Waals surface area contributed by atoms with Crippen LogP contribution in [0.3, 0.4) is 0 Å². The highest BCUT2D eigenvalue weighted by atomic mass is 35.5. The number of amidine groups is 1. The lowest BCUT2D eigenvalue weighted by Gasteiger charge is -2.12. The molecule has 1 heterocycles. The van der Waals surface area contributed by atoms with Crippen molar-refractivity contribution in [2.45, 2.75) is 25.5 Å². The van der Waals surface area contributed by atoms with Crippen molar-refractivity contribution in [3.05, 3.63) is 58.4 Å².